The summed E-state index contributed by atoms with van der Waals surface area (Å²) < 4.78 is 13.1. The summed E-state index contributed by atoms with van der Waals surface area (Å²) in [6.07, 6.45) is 0. The van der Waals surface area contributed by atoms with E-state index in [9.17, 15) is 9.18 Å². The summed E-state index contributed by atoms with van der Waals surface area (Å²) in [6, 6.07) is 11.3. The smallest absolute Gasteiger partial charge is 0.253 e. The van der Waals surface area contributed by atoms with Crippen LogP contribution in [-0.4, -0.2) is 47.0 Å². The highest BCUT2D eigenvalue weighted by Gasteiger charge is 2.24. The molecule has 0 aliphatic carbocycles. The Bertz CT molecular complexity index is 999. The van der Waals surface area contributed by atoms with Gasteiger partial charge in [-0.1, -0.05) is 6.07 Å². The van der Waals surface area contributed by atoms with Gasteiger partial charge in [0.15, 0.2) is 0 Å². The highest BCUT2D eigenvalue weighted by Crippen LogP contribution is 2.30. The minimum absolute atomic E-state index is 0.0943. The fraction of sp³-hybridized carbons (Fsp3) is 0.211. The molecule has 3 aromatic rings. The minimum Gasteiger partial charge on any atom is -0.383 e. The van der Waals surface area contributed by atoms with E-state index in [0.717, 1.165) is 11.1 Å². The van der Waals surface area contributed by atoms with Crippen molar-refractivity contribution in [2.75, 3.05) is 42.5 Å². The molecule has 1 aliphatic heterocycles. The van der Waals surface area contributed by atoms with Crippen LogP contribution < -0.4 is 16.4 Å². The first kappa shape index (κ1) is 17.0. The summed E-state index contributed by atoms with van der Waals surface area (Å²) in [4.78, 5) is 24.8. The second-order valence-corrected chi connectivity index (χ2v) is 6.42. The Morgan fingerprint density at radius 2 is 1.67 bits per heavy atom. The summed E-state index contributed by atoms with van der Waals surface area (Å²) in [7, 11) is 0. The number of carbonyl (C=O) groups excluding carboxylic acids is 1. The van der Waals surface area contributed by atoms with Crippen molar-refractivity contribution >= 4 is 34.3 Å². The molecule has 1 amide bonds. The van der Waals surface area contributed by atoms with Gasteiger partial charge in [0, 0.05) is 31.7 Å². The standard InChI is InChI=1S/C19H19FN6O/c20-13-6-4-12(5-7-13)18(27)26-10-8-25(9-11-26)15-3-1-2-14-16(15)17(21)24-19(22)23-14/h1-7H,8-11H2,(H4,21,22,23,24). The van der Waals surface area contributed by atoms with Gasteiger partial charge >= 0.3 is 0 Å². The van der Waals surface area contributed by atoms with Crippen molar-refractivity contribution in [3.63, 3.8) is 0 Å². The molecular formula is C19H19FN6O. The fourth-order valence-corrected chi connectivity index (χ4v) is 3.40. The number of amides is 1. The number of hydrogen-bond donors (Lipinski definition) is 2. The van der Waals surface area contributed by atoms with Gasteiger partial charge in [-0.2, -0.15) is 4.98 Å². The summed E-state index contributed by atoms with van der Waals surface area (Å²) in [5.74, 6) is 0.0424. The molecule has 0 spiro atoms. The lowest BCUT2D eigenvalue weighted by Crippen LogP contribution is -2.48. The van der Waals surface area contributed by atoms with Crippen molar-refractivity contribution in [3.8, 4) is 0 Å². The molecule has 1 saturated heterocycles. The zero-order chi connectivity index (χ0) is 19.0. The van der Waals surface area contributed by atoms with Gasteiger partial charge in [-0.15, -0.1) is 0 Å². The maximum atomic E-state index is 13.1. The van der Waals surface area contributed by atoms with Crippen LogP contribution in [0.25, 0.3) is 10.9 Å². The third-order valence-electron chi connectivity index (χ3n) is 4.75. The number of nitrogens with two attached hydrogens (primary N) is 2. The molecule has 138 valence electrons. The summed E-state index contributed by atoms with van der Waals surface area (Å²) in [6.45, 7) is 2.41. The summed E-state index contributed by atoms with van der Waals surface area (Å²) in [5.41, 5.74) is 13.9. The Morgan fingerprint density at radius 3 is 2.37 bits per heavy atom. The number of piperazine rings is 1. The molecule has 2 aromatic carbocycles. The van der Waals surface area contributed by atoms with E-state index in [0.29, 0.717) is 43.1 Å². The molecule has 7 nitrogen and oxygen atoms in total. The number of nitrogens with zero attached hydrogens (tertiary/aromatic N) is 4. The van der Waals surface area contributed by atoms with E-state index in [1.165, 1.54) is 24.3 Å². The second-order valence-electron chi connectivity index (χ2n) is 6.42. The average molecular weight is 366 g/mol. The first-order valence-corrected chi connectivity index (χ1v) is 8.64. The highest BCUT2D eigenvalue weighted by atomic mass is 19.1. The van der Waals surface area contributed by atoms with Crippen molar-refractivity contribution in [1.82, 2.24) is 14.9 Å². The SMILES string of the molecule is Nc1nc(N)c2c(N3CCN(C(=O)c4ccc(F)cc4)CC3)cccc2n1. The van der Waals surface area contributed by atoms with Gasteiger partial charge in [0.25, 0.3) is 5.91 Å². The lowest BCUT2D eigenvalue weighted by atomic mass is 10.1. The number of hydrogen-bond acceptors (Lipinski definition) is 6. The van der Waals surface area contributed by atoms with E-state index in [-0.39, 0.29) is 17.7 Å². The number of rotatable bonds is 2. The molecule has 0 unspecified atom stereocenters. The molecule has 27 heavy (non-hydrogen) atoms. The van der Waals surface area contributed by atoms with Crippen LogP contribution in [-0.2, 0) is 0 Å². The van der Waals surface area contributed by atoms with E-state index in [1.807, 2.05) is 18.2 Å². The molecule has 1 aliphatic rings. The van der Waals surface area contributed by atoms with Crippen LogP contribution in [0.3, 0.4) is 0 Å². The predicted octanol–water partition coefficient (Wildman–Crippen LogP) is 1.90. The van der Waals surface area contributed by atoms with Gasteiger partial charge in [0.05, 0.1) is 16.6 Å². The van der Waals surface area contributed by atoms with Crippen LogP contribution >= 0.6 is 0 Å². The number of nitrogen functional groups attached to an aromatic ring is 2. The van der Waals surface area contributed by atoms with Crippen molar-refractivity contribution in [3.05, 3.63) is 53.8 Å². The topological polar surface area (TPSA) is 101 Å². The highest BCUT2D eigenvalue weighted by molar-refractivity contribution is 6.00. The molecule has 2 heterocycles. The quantitative estimate of drug-likeness (QED) is 0.718. The Kier molecular flexibility index (Phi) is 4.23. The summed E-state index contributed by atoms with van der Waals surface area (Å²) >= 11 is 0. The lowest BCUT2D eigenvalue weighted by molar-refractivity contribution is 0.0747. The van der Waals surface area contributed by atoms with E-state index in [4.69, 9.17) is 11.5 Å². The van der Waals surface area contributed by atoms with Gasteiger partial charge in [-0.3, -0.25) is 4.79 Å². The van der Waals surface area contributed by atoms with Gasteiger partial charge in [-0.05, 0) is 36.4 Å². The third-order valence-corrected chi connectivity index (χ3v) is 4.75. The molecule has 0 radical (unpaired) electrons. The number of anilines is 3. The van der Waals surface area contributed by atoms with Crippen LogP contribution in [0.2, 0.25) is 0 Å². The number of carbonyl (C=O) groups is 1. The van der Waals surface area contributed by atoms with Gasteiger partial charge < -0.3 is 21.3 Å². The van der Waals surface area contributed by atoms with Crippen LogP contribution in [0, 0.1) is 5.82 Å². The van der Waals surface area contributed by atoms with E-state index >= 15 is 0 Å². The van der Waals surface area contributed by atoms with Gasteiger partial charge in [0.2, 0.25) is 5.95 Å². The Labute approximate surface area is 155 Å². The molecule has 4 rings (SSSR count). The molecule has 0 bridgehead atoms. The molecule has 1 fully saturated rings. The molecule has 8 heteroatoms. The molecule has 1 aromatic heterocycles. The number of benzene rings is 2. The van der Waals surface area contributed by atoms with Crippen molar-refractivity contribution in [2.45, 2.75) is 0 Å². The Balaban J connectivity index is 1.54. The normalized spacial score (nSPS) is 14.6. The zero-order valence-electron chi connectivity index (χ0n) is 14.6. The predicted molar refractivity (Wildman–Crippen MR) is 103 cm³/mol. The molecule has 0 saturated carbocycles. The van der Waals surface area contributed by atoms with Gasteiger partial charge in [-0.25, -0.2) is 9.37 Å². The number of halogens is 1. The Hall–Kier alpha value is -3.42. The maximum absolute atomic E-state index is 13.1. The number of aromatic nitrogens is 2. The van der Waals surface area contributed by atoms with Crippen LogP contribution in [0.1, 0.15) is 10.4 Å². The average Bonchev–Trinajstić information content (AvgIpc) is 2.67. The summed E-state index contributed by atoms with van der Waals surface area (Å²) in [5, 5.41) is 0.769. The second kappa shape index (κ2) is 6.71. The van der Waals surface area contributed by atoms with Crippen molar-refractivity contribution in [1.29, 1.82) is 0 Å². The molecule has 4 N–H and O–H groups in total. The van der Waals surface area contributed by atoms with Gasteiger partial charge in [0.1, 0.15) is 11.6 Å². The van der Waals surface area contributed by atoms with Crippen LogP contribution in [0.15, 0.2) is 42.5 Å². The van der Waals surface area contributed by atoms with E-state index < -0.39 is 0 Å². The lowest BCUT2D eigenvalue weighted by Gasteiger charge is -2.36. The largest absolute Gasteiger partial charge is 0.383 e. The van der Waals surface area contributed by atoms with Crippen molar-refractivity contribution in [2.24, 2.45) is 0 Å². The minimum atomic E-state index is -0.354. The monoisotopic (exact) mass is 366 g/mol. The third kappa shape index (κ3) is 3.21. The fourth-order valence-electron chi connectivity index (χ4n) is 3.40. The molecule has 0 atom stereocenters. The van der Waals surface area contributed by atoms with Crippen LogP contribution in [0.5, 0.6) is 0 Å². The van der Waals surface area contributed by atoms with E-state index in [2.05, 4.69) is 14.9 Å². The van der Waals surface area contributed by atoms with Crippen molar-refractivity contribution < 1.29 is 9.18 Å². The Morgan fingerprint density at radius 1 is 0.963 bits per heavy atom. The first-order chi connectivity index (χ1) is 13.0. The zero-order valence-corrected chi connectivity index (χ0v) is 14.6. The number of fused-ring (bicyclic) bond motifs is 1. The van der Waals surface area contributed by atoms with Crippen LogP contribution in [0.4, 0.5) is 21.8 Å². The first-order valence-electron chi connectivity index (χ1n) is 8.64. The molecular weight excluding hydrogens is 347 g/mol. The maximum Gasteiger partial charge on any atom is 0.253 e. The van der Waals surface area contributed by atoms with E-state index in [1.54, 1.807) is 4.90 Å².